The largest absolute Gasteiger partial charge is 0.304 e. The second kappa shape index (κ2) is 41.4. The molecule has 0 atom stereocenters. The summed E-state index contributed by atoms with van der Waals surface area (Å²) in [7, 11) is 0. The number of benzene rings is 9. The van der Waals surface area contributed by atoms with Crippen LogP contribution in [-0.4, -0.2) is 29.9 Å². The molecule has 9 heteroatoms. The van der Waals surface area contributed by atoms with Gasteiger partial charge in [0.05, 0.1) is 0 Å². The quantitative estimate of drug-likeness (QED) is 0.134. The second-order valence-corrected chi connectivity index (χ2v) is 23.0. The molecule has 0 saturated carbocycles. The van der Waals surface area contributed by atoms with Crippen molar-refractivity contribution < 1.29 is 97.3 Å². The van der Waals surface area contributed by atoms with Gasteiger partial charge < -0.3 is 29.9 Å². The predicted octanol–water partition coefficient (Wildman–Crippen LogP) is 24.0. The third kappa shape index (κ3) is 24.5. The number of nitrogens with zero attached hydrogens (tertiary/aromatic N) is 6. The number of aryl methyl sites for hydroxylation is 12. The average Bonchev–Trinajstić information content (AvgIpc) is 0.806. The molecule has 0 aliphatic carbocycles. The van der Waals surface area contributed by atoms with Crippen molar-refractivity contribution >= 4 is 0 Å². The molecule has 0 aliphatic heterocycles. The fourth-order valence-corrected chi connectivity index (χ4v) is 9.83. The van der Waals surface area contributed by atoms with E-state index in [9.17, 15) is 0 Å². The summed E-state index contributed by atoms with van der Waals surface area (Å²) in [5.41, 5.74) is 17.8. The molecule has 105 heavy (non-hydrogen) atoms. The Balaban J connectivity index is 0.000000216. The fourth-order valence-electron chi connectivity index (χ4n) is 9.83. The molecule has 3 radical (unpaired) electrons. The van der Waals surface area contributed by atoms with Gasteiger partial charge in [0.1, 0.15) is 0 Å². The second-order valence-electron chi connectivity index (χ2n) is 23.0. The van der Waals surface area contributed by atoms with Crippen LogP contribution in [0.5, 0.6) is 0 Å². The van der Waals surface area contributed by atoms with E-state index in [1.165, 1.54) is 85.7 Å². The summed E-state index contributed by atoms with van der Waals surface area (Å²) in [5.74, 6) is 0. The summed E-state index contributed by atoms with van der Waals surface area (Å²) in [6.07, 6.45) is 8.30. The molecular weight excluding hydrogens is 1810 g/mol. The standard InChI is InChI=1S/2C19H16N.C18H14N.C14H14N.2C13H12N.3Ir/c2*1-14-8-10-16(11-9-14)18-12-19(20-13-15(18)2)17-6-4-3-5-7-17;1-14-13-19-18(16-10-6-3-7-11-16)12-17(14)15-8-4-2-5-9-15;1-10-4-6-13(7-5-10)14-8-11(2)12(3)9-15-14;2*1-10-3-6-12(7-4-10)13-8-5-11(2)9-14-13;;;/h2*3-6,8-13H,1-2H3;2-10,12-13H,1H3;4-6,8-9H,1-3H3;2*3-6,8-9H,1-2H3;;;/q6*-1;;;/i2*2D3;1D3;1D3,3D3;2*1D3,2D3;;;. The molecular formula is C96H84Ir3N6-6. The normalized spacial score (nSPS) is 14.9. The van der Waals surface area contributed by atoms with E-state index in [2.05, 4.69) is 66.3 Å². The molecule has 15 rings (SSSR count). The summed E-state index contributed by atoms with van der Waals surface area (Å²) >= 11 is 0. The maximum Gasteiger partial charge on any atom is 0.0280 e. The van der Waals surface area contributed by atoms with Crippen LogP contribution in [0.25, 0.3) is 101 Å². The Labute approximate surface area is 701 Å². The van der Waals surface area contributed by atoms with Crippen LogP contribution in [0, 0.1) is 119 Å². The Morgan fingerprint density at radius 1 is 0.229 bits per heavy atom. The van der Waals surface area contributed by atoms with Crippen LogP contribution >= 0.6 is 0 Å². The van der Waals surface area contributed by atoms with Crippen molar-refractivity contribution in [1.82, 2.24) is 29.9 Å². The van der Waals surface area contributed by atoms with Crippen molar-refractivity contribution in [2.75, 3.05) is 0 Å². The average molecular weight is 1930 g/mol. The van der Waals surface area contributed by atoms with Crippen molar-refractivity contribution in [3.05, 3.63) is 395 Å². The van der Waals surface area contributed by atoms with Gasteiger partial charge in [0.25, 0.3) is 0 Å². The number of pyridine rings is 6. The van der Waals surface area contributed by atoms with E-state index in [0.717, 1.165) is 44.5 Å². The smallest absolute Gasteiger partial charge is 0.0280 e. The maximum atomic E-state index is 7.77. The molecule has 0 saturated heterocycles. The Kier molecular flexibility index (Phi) is 20.1. The molecule has 6 aromatic heterocycles. The van der Waals surface area contributed by atoms with Crippen LogP contribution < -0.4 is 0 Å². The number of hydrogen-bond acceptors (Lipinski definition) is 6. The molecule has 0 amide bonds. The first-order valence-electron chi connectivity index (χ1n) is 45.5. The van der Waals surface area contributed by atoms with E-state index in [1.54, 1.807) is 43.3 Å². The van der Waals surface area contributed by atoms with E-state index >= 15 is 0 Å². The third-order valence-corrected chi connectivity index (χ3v) is 15.4. The Morgan fingerprint density at radius 2 is 0.524 bits per heavy atom. The predicted molar refractivity (Wildman–Crippen MR) is 424 cm³/mol. The molecule has 6 nitrogen and oxygen atoms in total. The molecule has 0 bridgehead atoms. The molecule has 6 heterocycles. The first-order chi connectivity index (χ1) is 60.4. The van der Waals surface area contributed by atoms with Crippen LogP contribution in [0.15, 0.2) is 292 Å². The summed E-state index contributed by atoms with van der Waals surface area (Å²) in [6, 6.07) is 92.6. The first-order valence-corrected chi connectivity index (χ1v) is 32.0. The summed E-state index contributed by atoms with van der Waals surface area (Å²) in [5, 5.41) is 0. The van der Waals surface area contributed by atoms with E-state index < -0.39 is 61.7 Å². The molecule has 0 aliphatic rings. The first kappa shape index (κ1) is 51.1. The SMILES string of the molecule is [2H]C([2H])([2H])c1c[c-]c(-c2cc(C)c(C([2H])([2H])[2H])cn2)cc1.[2H]C([2H])([2H])c1c[c-]c(-c2ccc(C([2H])([2H])[2H])cn2)cc1.[2H]C([2H])([2H])c1c[c-]c(-c2ccc(C([2H])([2H])[2H])cn2)cc1.[2H]C([2H])([2H])c1cnc(-c2[c-]cccc2)cc1-c1ccc(C)cc1.[2H]C([2H])([2H])c1cnc(-c2[c-]cccc2)cc1-c1ccc(C)cc1.[2H]C([2H])([2H])c1cnc(-c2[c-]cccc2)cc1-c1ccccc1.[Ir].[Ir].[Ir]. The van der Waals surface area contributed by atoms with E-state index in [4.69, 9.17) is 37.0 Å². The molecule has 531 valence electrons. The van der Waals surface area contributed by atoms with E-state index in [-0.39, 0.29) is 110 Å². The van der Waals surface area contributed by atoms with Gasteiger partial charge in [0.2, 0.25) is 0 Å². The molecule has 0 unspecified atom stereocenters. The zero-order valence-electron chi connectivity index (χ0n) is 83.9. The van der Waals surface area contributed by atoms with Crippen molar-refractivity contribution in [1.29, 1.82) is 0 Å². The topological polar surface area (TPSA) is 77.3 Å². The molecule has 15 aromatic rings. The van der Waals surface area contributed by atoms with Crippen LogP contribution in [0.4, 0.5) is 0 Å². The number of aromatic nitrogens is 6. The van der Waals surface area contributed by atoms with Gasteiger partial charge in [-0.25, -0.2) is 0 Å². The van der Waals surface area contributed by atoms with Gasteiger partial charge in [0.15, 0.2) is 0 Å². The van der Waals surface area contributed by atoms with Gasteiger partial charge in [-0.2, -0.15) is 0 Å². The van der Waals surface area contributed by atoms with Crippen molar-refractivity contribution in [3.63, 3.8) is 0 Å². The third-order valence-electron chi connectivity index (χ3n) is 15.4. The monoisotopic (exact) mass is 1930 g/mol. The molecule has 9 aromatic carbocycles. The maximum absolute atomic E-state index is 7.77. The molecule has 0 N–H and O–H groups in total. The summed E-state index contributed by atoms with van der Waals surface area (Å²) in [6.45, 7) is -13.9. The summed E-state index contributed by atoms with van der Waals surface area (Å²) in [4.78, 5) is 25.3. The van der Waals surface area contributed by atoms with Crippen molar-refractivity contribution in [2.24, 2.45) is 0 Å². The number of rotatable bonds is 9. The molecule has 0 fully saturated rings. The van der Waals surface area contributed by atoms with Crippen LogP contribution in [0.2, 0.25) is 0 Å². The van der Waals surface area contributed by atoms with Gasteiger partial charge >= 0.3 is 0 Å². The van der Waals surface area contributed by atoms with E-state index in [1.807, 2.05) is 184 Å². The van der Waals surface area contributed by atoms with Gasteiger partial charge in [-0.3, -0.25) is 0 Å². The van der Waals surface area contributed by atoms with Gasteiger partial charge in [-0.05, 0) is 163 Å². The van der Waals surface area contributed by atoms with Crippen LogP contribution in [0.1, 0.15) is 104 Å². The molecule has 0 spiro atoms. The van der Waals surface area contributed by atoms with Crippen LogP contribution in [0.3, 0.4) is 0 Å². The minimum absolute atomic E-state index is 0. The van der Waals surface area contributed by atoms with E-state index in [0.29, 0.717) is 73.1 Å². The van der Waals surface area contributed by atoms with Crippen molar-refractivity contribution in [3.8, 4) is 101 Å². The fraction of sp³-hybridized carbons (Fsp3) is 0.125. The van der Waals surface area contributed by atoms with Gasteiger partial charge in [0, 0.05) is 135 Å². The van der Waals surface area contributed by atoms with Gasteiger partial charge in [-0.15, -0.1) is 214 Å². The van der Waals surface area contributed by atoms with Crippen molar-refractivity contribution in [2.45, 2.75) is 82.4 Å². The Bertz CT molecular complexity index is 5800. The zero-order valence-corrected chi connectivity index (χ0v) is 64.1. The minimum atomic E-state index is -2.20. The summed E-state index contributed by atoms with van der Waals surface area (Å²) < 4.78 is 201. The minimum Gasteiger partial charge on any atom is -0.304 e. The number of hydrogen-bond donors (Lipinski definition) is 0. The van der Waals surface area contributed by atoms with Gasteiger partial charge in [-0.1, -0.05) is 165 Å². The van der Waals surface area contributed by atoms with Crippen LogP contribution in [-0.2, 0) is 60.3 Å². The Hall–Kier alpha value is -10.2. The Morgan fingerprint density at radius 3 is 0.819 bits per heavy atom. The zero-order chi connectivity index (χ0) is 94.2.